The molecule has 4 aromatic rings. The highest BCUT2D eigenvalue weighted by Crippen LogP contribution is 2.29. The number of benzene rings is 3. The first-order valence-corrected chi connectivity index (χ1v) is 12.2. The van der Waals surface area contributed by atoms with Gasteiger partial charge in [-0.25, -0.2) is 4.98 Å². The first-order valence-electron chi connectivity index (χ1n) is 11.3. The zero-order valence-corrected chi connectivity index (χ0v) is 20.1. The van der Waals surface area contributed by atoms with Gasteiger partial charge in [0, 0.05) is 34.7 Å². The minimum atomic E-state index is -0.358. The number of carbonyl (C=O) groups excluding carboxylic acids is 3. The summed E-state index contributed by atoms with van der Waals surface area (Å²) in [6, 6.07) is 22.4. The lowest BCUT2D eigenvalue weighted by atomic mass is 10.1. The van der Waals surface area contributed by atoms with Crippen molar-refractivity contribution in [1.29, 1.82) is 0 Å². The molecule has 0 fully saturated rings. The lowest BCUT2D eigenvalue weighted by Gasteiger charge is -2.17. The summed E-state index contributed by atoms with van der Waals surface area (Å²) in [6.45, 7) is 3.92. The normalized spacial score (nSPS) is 12.8. The molecule has 0 spiro atoms. The van der Waals surface area contributed by atoms with Gasteiger partial charge in [-0.15, -0.1) is 11.3 Å². The van der Waals surface area contributed by atoms with Gasteiger partial charge in [-0.05, 0) is 37.6 Å². The number of fused-ring (bicyclic) bond motifs is 1. The third kappa shape index (κ3) is 4.38. The fourth-order valence-corrected chi connectivity index (χ4v) is 4.90. The van der Waals surface area contributed by atoms with E-state index in [-0.39, 0.29) is 29.3 Å². The van der Waals surface area contributed by atoms with Crippen molar-refractivity contribution in [2.45, 2.75) is 26.4 Å². The maximum absolute atomic E-state index is 12.7. The Morgan fingerprint density at radius 1 is 0.914 bits per heavy atom. The minimum Gasteiger partial charge on any atom is -0.348 e. The van der Waals surface area contributed by atoms with Crippen molar-refractivity contribution >= 4 is 29.1 Å². The molecule has 0 atom stereocenters. The Morgan fingerprint density at radius 2 is 1.63 bits per heavy atom. The van der Waals surface area contributed by atoms with Crippen molar-refractivity contribution in [2.24, 2.45) is 0 Å². The van der Waals surface area contributed by atoms with Gasteiger partial charge in [0.05, 0.1) is 16.8 Å². The van der Waals surface area contributed by atoms with Gasteiger partial charge >= 0.3 is 0 Å². The minimum absolute atomic E-state index is 0.239. The fraction of sp³-hybridized carbons (Fsp3) is 0.143. The molecule has 1 N–H and O–H groups in total. The van der Waals surface area contributed by atoms with Crippen LogP contribution >= 0.6 is 11.3 Å². The predicted octanol–water partition coefficient (Wildman–Crippen LogP) is 5.41. The molecule has 1 aliphatic rings. The van der Waals surface area contributed by atoms with Gasteiger partial charge in [-0.2, -0.15) is 0 Å². The first kappa shape index (κ1) is 22.7. The molecule has 174 valence electrons. The molecule has 0 unspecified atom stereocenters. The molecule has 6 nitrogen and oxygen atoms in total. The predicted molar refractivity (Wildman–Crippen MR) is 136 cm³/mol. The van der Waals surface area contributed by atoms with E-state index in [2.05, 4.69) is 5.32 Å². The number of rotatable bonds is 6. The average molecular weight is 482 g/mol. The highest BCUT2D eigenvalue weighted by atomic mass is 32.1. The van der Waals surface area contributed by atoms with E-state index < -0.39 is 0 Å². The zero-order valence-electron chi connectivity index (χ0n) is 19.3. The van der Waals surface area contributed by atoms with Gasteiger partial charge in [0.25, 0.3) is 17.7 Å². The van der Waals surface area contributed by atoms with Gasteiger partial charge in [-0.3, -0.25) is 19.3 Å². The second kappa shape index (κ2) is 9.27. The maximum Gasteiger partial charge on any atom is 0.261 e. The second-order valence-electron chi connectivity index (χ2n) is 8.62. The van der Waals surface area contributed by atoms with Gasteiger partial charge in [-0.1, -0.05) is 54.6 Å². The fourth-order valence-electron chi connectivity index (χ4n) is 4.07. The summed E-state index contributed by atoms with van der Waals surface area (Å²) in [5.41, 5.74) is 4.97. The third-order valence-electron chi connectivity index (χ3n) is 5.92. The molecule has 0 saturated heterocycles. The number of hydrogen-bond donors (Lipinski definition) is 1. The molecule has 35 heavy (non-hydrogen) atoms. The summed E-state index contributed by atoms with van der Waals surface area (Å²) in [4.78, 5) is 43.7. The van der Waals surface area contributed by atoms with Crippen LogP contribution in [0.25, 0.3) is 21.8 Å². The molecule has 1 aromatic heterocycles. The molecule has 1 aliphatic heterocycles. The molecule has 0 aliphatic carbocycles. The van der Waals surface area contributed by atoms with Crippen LogP contribution in [-0.2, 0) is 6.54 Å². The summed E-state index contributed by atoms with van der Waals surface area (Å²) in [7, 11) is 0. The molecule has 0 radical (unpaired) electrons. The number of hydrogen-bond acceptors (Lipinski definition) is 5. The van der Waals surface area contributed by atoms with E-state index >= 15 is 0 Å². The molecular formula is C28H23N3O3S. The topological polar surface area (TPSA) is 79.4 Å². The van der Waals surface area contributed by atoms with Gasteiger partial charge in [0.1, 0.15) is 5.01 Å². The second-order valence-corrected chi connectivity index (χ2v) is 9.48. The molecular weight excluding hydrogens is 458 g/mol. The Kier molecular flexibility index (Phi) is 6.01. The SMILES string of the molecule is CC(C)N1C(=O)c2ccc(C(=O)NCc3ccc(-c4nc(-c5ccccc5)cs4)cc3)cc2C1=O. The van der Waals surface area contributed by atoms with E-state index in [1.807, 2.05) is 60.0 Å². The highest BCUT2D eigenvalue weighted by Gasteiger charge is 2.37. The highest BCUT2D eigenvalue weighted by molar-refractivity contribution is 7.13. The lowest BCUT2D eigenvalue weighted by molar-refractivity contribution is 0.0609. The number of thiazole rings is 1. The standard InChI is InChI=1S/C28H23N3O3S/c1-17(2)31-27(33)22-13-12-21(14-23(22)28(31)34)25(32)29-15-18-8-10-20(11-9-18)26-30-24(16-35-26)19-6-4-3-5-7-19/h3-14,16-17H,15H2,1-2H3,(H,29,32). The van der Waals surface area contributed by atoms with Crippen LogP contribution in [0.1, 0.15) is 50.5 Å². The summed E-state index contributed by atoms with van der Waals surface area (Å²) in [5, 5.41) is 5.88. The van der Waals surface area contributed by atoms with Crippen molar-refractivity contribution in [1.82, 2.24) is 15.2 Å². The van der Waals surface area contributed by atoms with Crippen LogP contribution < -0.4 is 5.32 Å². The number of imide groups is 1. The van der Waals surface area contributed by atoms with Crippen LogP contribution in [-0.4, -0.2) is 33.6 Å². The van der Waals surface area contributed by atoms with Crippen LogP contribution in [0.15, 0.2) is 78.2 Å². The molecule has 5 rings (SSSR count). The van der Waals surface area contributed by atoms with E-state index in [4.69, 9.17) is 4.98 Å². The Bertz CT molecular complexity index is 1430. The number of nitrogens with zero attached hydrogens (tertiary/aromatic N) is 2. The molecule has 3 aromatic carbocycles. The van der Waals surface area contributed by atoms with E-state index in [9.17, 15) is 14.4 Å². The van der Waals surface area contributed by atoms with Crippen LogP contribution in [0.5, 0.6) is 0 Å². The van der Waals surface area contributed by atoms with Gasteiger partial charge in [0.15, 0.2) is 0 Å². The van der Waals surface area contributed by atoms with Crippen LogP contribution in [0.4, 0.5) is 0 Å². The Hall–Kier alpha value is -4.10. The van der Waals surface area contributed by atoms with Crippen molar-refractivity contribution in [3.63, 3.8) is 0 Å². The van der Waals surface area contributed by atoms with Crippen molar-refractivity contribution < 1.29 is 14.4 Å². The molecule has 0 bridgehead atoms. The molecule has 3 amide bonds. The summed E-state index contributed by atoms with van der Waals surface area (Å²) in [6.07, 6.45) is 0. The monoisotopic (exact) mass is 481 g/mol. The number of aromatic nitrogens is 1. The smallest absolute Gasteiger partial charge is 0.261 e. The van der Waals surface area contributed by atoms with E-state index in [0.29, 0.717) is 17.7 Å². The van der Waals surface area contributed by atoms with Crippen molar-refractivity contribution in [3.05, 3.63) is 100 Å². The molecule has 0 saturated carbocycles. The average Bonchev–Trinajstić information content (AvgIpc) is 3.46. The maximum atomic E-state index is 12.7. The van der Waals surface area contributed by atoms with E-state index in [0.717, 1.165) is 27.4 Å². The van der Waals surface area contributed by atoms with Crippen LogP contribution in [0.2, 0.25) is 0 Å². The number of nitrogens with one attached hydrogen (secondary N) is 1. The first-order chi connectivity index (χ1) is 16.9. The summed E-state index contributed by atoms with van der Waals surface area (Å²) in [5.74, 6) is -0.974. The quantitative estimate of drug-likeness (QED) is 0.374. The Labute approximate surface area is 207 Å². The van der Waals surface area contributed by atoms with E-state index in [1.165, 1.54) is 11.0 Å². The number of carbonyl (C=O) groups is 3. The van der Waals surface area contributed by atoms with Crippen molar-refractivity contribution in [2.75, 3.05) is 0 Å². The van der Waals surface area contributed by atoms with Gasteiger partial charge in [0.2, 0.25) is 0 Å². The Morgan fingerprint density at radius 3 is 2.34 bits per heavy atom. The summed E-state index contributed by atoms with van der Waals surface area (Å²) < 4.78 is 0. The van der Waals surface area contributed by atoms with E-state index in [1.54, 1.807) is 37.3 Å². The third-order valence-corrected chi connectivity index (χ3v) is 6.82. The largest absolute Gasteiger partial charge is 0.348 e. The number of amides is 3. The molecule has 7 heteroatoms. The lowest BCUT2D eigenvalue weighted by Crippen LogP contribution is -2.35. The Balaban J connectivity index is 1.24. The summed E-state index contributed by atoms with van der Waals surface area (Å²) >= 11 is 1.59. The van der Waals surface area contributed by atoms with Crippen LogP contribution in [0.3, 0.4) is 0 Å². The molecule has 2 heterocycles. The van der Waals surface area contributed by atoms with Crippen LogP contribution in [0, 0.1) is 0 Å². The zero-order chi connectivity index (χ0) is 24.5. The van der Waals surface area contributed by atoms with Gasteiger partial charge < -0.3 is 5.32 Å². The van der Waals surface area contributed by atoms with Crippen molar-refractivity contribution in [3.8, 4) is 21.8 Å².